The zero-order valence-electron chi connectivity index (χ0n) is 17.0. The minimum atomic E-state index is 0.166. The van der Waals surface area contributed by atoms with Crippen LogP contribution in [0.3, 0.4) is 0 Å². The molecule has 2 aromatic heterocycles. The topological polar surface area (TPSA) is 76.3 Å². The van der Waals surface area contributed by atoms with E-state index in [9.17, 15) is 0 Å². The molecular weight excluding hydrogens is 366 g/mol. The van der Waals surface area contributed by atoms with Crippen LogP contribution in [0.15, 0.2) is 47.1 Å². The molecule has 0 aliphatic carbocycles. The first-order chi connectivity index (χ1) is 14.2. The number of nitrogens with one attached hydrogen (secondary N) is 1. The fourth-order valence-electron chi connectivity index (χ4n) is 3.70. The summed E-state index contributed by atoms with van der Waals surface area (Å²) in [5.74, 6) is 2.07. The van der Waals surface area contributed by atoms with E-state index in [0.717, 1.165) is 37.3 Å². The summed E-state index contributed by atoms with van der Waals surface area (Å²) in [7, 11) is 1.68. The first kappa shape index (κ1) is 19.5. The van der Waals surface area contributed by atoms with Gasteiger partial charge in [-0.25, -0.2) is 4.98 Å². The van der Waals surface area contributed by atoms with Gasteiger partial charge in [0.15, 0.2) is 0 Å². The van der Waals surface area contributed by atoms with Gasteiger partial charge in [-0.1, -0.05) is 29.4 Å². The van der Waals surface area contributed by atoms with Crippen molar-refractivity contribution in [3.8, 4) is 11.4 Å². The van der Waals surface area contributed by atoms with Crippen molar-refractivity contribution in [2.45, 2.75) is 32.4 Å². The molecule has 4 rings (SSSR count). The number of aryl methyl sites for hydroxylation is 1. The second kappa shape index (κ2) is 9.15. The highest BCUT2D eigenvalue weighted by Gasteiger charge is 2.31. The number of likely N-dealkylation sites (tertiary alicyclic amines) is 1. The number of hydrogen-bond acceptors (Lipinski definition) is 7. The van der Waals surface area contributed by atoms with Crippen LogP contribution >= 0.6 is 0 Å². The Hall–Kier alpha value is -2.77. The summed E-state index contributed by atoms with van der Waals surface area (Å²) < 4.78 is 10.7. The van der Waals surface area contributed by atoms with Gasteiger partial charge in [-0.2, -0.15) is 4.98 Å². The molecule has 1 unspecified atom stereocenters. The van der Waals surface area contributed by atoms with Crippen molar-refractivity contribution in [3.63, 3.8) is 0 Å². The van der Waals surface area contributed by atoms with Crippen molar-refractivity contribution < 1.29 is 9.26 Å². The quantitative estimate of drug-likeness (QED) is 0.583. The Morgan fingerprint density at radius 2 is 2.14 bits per heavy atom. The second-order valence-corrected chi connectivity index (χ2v) is 7.36. The van der Waals surface area contributed by atoms with Gasteiger partial charge in [0.1, 0.15) is 5.82 Å². The summed E-state index contributed by atoms with van der Waals surface area (Å²) in [5, 5.41) is 7.40. The summed E-state index contributed by atoms with van der Waals surface area (Å²) in [6.45, 7) is 5.45. The fourth-order valence-corrected chi connectivity index (χ4v) is 3.70. The average molecular weight is 393 g/mol. The first-order valence-corrected chi connectivity index (χ1v) is 10.1. The van der Waals surface area contributed by atoms with Crippen LogP contribution in [0, 0.1) is 6.92 Å². The molecule has 1 saturated heterocycles. The highest BCUT2D eigenvalue weighted by molar-refractivity contribution is 5.55. The lowest BCUT2D eigenvalue weighted by atomic mass is 10.1. The van der Waals surface area contributed by atoms with E-state index in [1.54, 1.807) is 13.3 Å². The van der Waals surface area contributed by atoms with Crippen LogP contribution in [-0.2, 0) is 11.3 Å². The molecule has 1 aliphatic rings. The average Bonchev–Trinajstić information content (AvgIpc) is 3.40. The van der Waals surface area contributed by atoms with Crippen molar-refractivity contribution in [2.24, 2.45) is 0 Å². The van der Waals surface area contributed by atoms with E-state index < -0.39 is 0 Å². The van der Waals surface area contributed by atoms with Gasteiger partial charge in [-0.15, -0.1) is 0 Å². The molecule has 0 spiro atoms. The Bertz CT molecular complexity index is 925. The lowest BCUT2D eigenvalue weighted by Crippen LogP contribution is -2.23. The molecule has 1 atom stereocenters. The molecule has 3 heterocycles. The minimum absolute atomic E-state index is 0.166. The summed E-state index contributed by atoms with van der Waals surface area (Å²) in [4.78, 5) is 11.5. The zero-order chi connectivity index (χ0) is 20.1. The summed E-state index contributed by atoms with van der Waals surface area (Å²) in [6, 6.07) is 12.6. The number of aromatic nitrogens is 3. The maximum atomic E-state index is 5.65. The number of pyridine rings is 1. The highest BCUT2D eigenvalue weighted by Crippen LogP contribution is 2.33. The van der Waals surface area contributed by atoms with Gasteiger partial charge in [0.2, 0.25) is 11.7 Å². The number of benzene rings is 1. The third-order valence-corrected chi connectivity index (χ3v) is 5.36. The zero-order valence-corrected chi connectivity index (χ0v) is 17.0. The Labute approximate surface area is 171 Å². The third kappa shape index (κ3) is 4.63. The van der Waals surface area contributed by atoms with Crippen LogP contribution < -0.4 is 5.32 Å². The van der Waals surface area contributed by atoms with Gasteiger partial charge in [-0.05, 0) is 49.6 Å². The predicted octanol–water partition coefficient (Wildman–Crippen LogP) is 3.84. The van der Waals surface area contributed by atoms with E-state index in [4.69, 9.17) is 9.26 Å². The van der Waals surface area contributed by atoms with E-state index in [1.807, 2.05) is 12.1 Å². The molecule has 152 valence electrons. The molecule has 0 amide bonds. The van der Waals surface area contributed by atoms with Crippen molar-refractivity contribution in [1.29, 1.82) is 0 Å². The summed E-state index contributed by atoms with van der Waals surface area (Å²) >= 11 is 0. The second-order valence-electron chi connectivity index (χ2n) is 7.36. The molecule has 0 bridgehead atoms. The number of ether oxygens (including phenoxy) is 1. The molecule has 7 heteroatoms. The van der Waals surface area contributed by atoms with Gasteiger partial charge in [0.25, 0.3) is 0 Å². The molecule has 0 saturated carbocycles. The first-order valence-electron chi connectivity index (χ1n) is 10.1. The van der Waals surface area contributed by atoms with Gasteiger partial charge >= 0.3 is 0 Å². The van der Waals surface area contributed by atoms with Crippen molar-refractivity contribution >= 4 is 5.82 Å². The smallest absolute Gasteiger partial charge is 0.244 e. The molecule has 1 aromatic carbocycles. The molecule has 0 radical (unpaired) electrons. The summed E-state index contributed by atoms with van der Waals surface area (Å²) in [5.41, 5.74) is 3.51. The molecule has 7 nitrogen and oxygen atoms in total. The Kier molecular flexibility index (Phi) is 6.17. The number of hydrogen-bond donors (Lipinski definition) is 1. The van der Waals surface area contributed by atoms with Crippen molar-refractivity contribution in [3.05, 3.63) is 59.6 Å². The molecule has 1 fully saturated rings. The Balaban J connectivity index is 1.44. The van der Waals surface area contributed by atoms with E-state index in [1.165, 1.54) is 11.1 Å². The Morgan fingerprint density at radius 1 is 1.24 bits per heavy atom. The van der Waals surface area contributed by atoms with Crippen LogP contribution in [0.4, 0.5) is 5.82 Å². The van der Waals surface area contributed by atoms with Gasteiger partial charge in [0, 0.05) is 32.0 Å². The Morgan fingerprint density at radius 3 is 2.93 bits per heavy atom. The maximum absolute atomic E-state index is 5.65. The molecule has 1 aliphatic heterocycles. The monoisotopic (exact) mass is 393 g/mol. The van der Waals surface area contributed by atoms with Crippen molar-refractivity contribution in [1.82, 2.24) is 20.0 Å². The number of anilines is 1. The van der Waals surface area contributed by atoms with Crippen LogP contribution in [0.25, 0.3) is 11.4 Å². The standard InChI is InChI=1S/C22H27N5O2/c1-16-6-3-4-7-18(16)15-27-12-5-8-19(27)22-25-21(26-29-22)17-9-10-20(24-14-17)23-11-13-28-2/h3-4,6-7,9-10,14,19H,5,8,11-13,15H2,1-2H3,(H,23,24). The van der Waals surface area contributed by atoms with Crippen LogP contribution in [0.5, 0.6) is 0 Å². The predicted molar refractivity (Wildman–Crippen MR) is 111 cm³/mol. The molecular formula is C22H27N5O2. The fraction of sp³-hybridized carbons (Fsp3) is 0.409. The van der Waals surface area contributed by atoms with Crippen LogP contribution in [0.1, 0.15) is 35.9 Å². The molecule has 1 N–H and O–H groups in total. The SMILES string of the molecule is COCCNc1ccc(-c2noc(C3CCCN3Cc3ccccc3C)n2)cn1. The number of rotatable bonds is 8. The molecule has 29 heavy (non-hydrogen) atoms. The summed E-state index contributed by atoms with van der Waals surface area (Å²) in [6.07, 6.45) is 3.94. The number of nitrogens with zero attached hydrogens (tertiary/aromatic N) is 4. The van der Waals surface area contributed by atoms with E-state index >= 15 is 0 Å². The van der Waals surface area contributed by atoms with Crippen LogP contribution in [-0.4, -0.2) is 46.8 Å². The van der Waals surface area contributed by atoms with Gasteiger partial charge in [0.05, 0.1) is 12.6 Å². The van der Waals surface area contributed by atoms with Gasteiger partial charge < -0.3 is 14.6 Å². The van der Waals surface area contributed by atoms with E-state index in [-0.39, 0.29) is 6.04 Å². The lowest BCUT2D eigenvalue weighted by molar-refractivity contribution is 0.201. The molecule has 3 aromatic rings. The van der Waals surface area contributed by atoms with Gasteiger partial charge in [-0.3, -0.25) is 4.90 Å². The van der Waals surface area contributed by atoms with E-state index in [2.05, 4.69) is 56.5 Å². The third-order valence-electron chi connectivity index (χ3n) is 5.36. The lowest BCUT2D eigenvalue weighted by Gasteiger charge is -2.22. The largest absolute Gasteiger partial charge is 0.383 e. The number of methoxy groups -OCH3 is 1. The van der Waals surface area contributed by atoms with E-state index in [0.29, 0.717) is 24.9 Å². The van der Waals surface area contributed by atoms with Crippen LogP contribution in [0.2, 0.25) is 0 Å². The highest BCUT2D eigenvalue weighted by atomic mass is 16.5. The maximum Gasteiger partial charge on any atom is 0.244 e. The minimum Gasteiger partial charge on any atom is -0.383 e. The van der Waals surface area contributed by atoms with Crippen molar-refractivity contribution in [2.75, 3.05) is 32.1 Å². The normalized spacial score (nSPS) is 17.0.